The maximum Gasteiger partial charge on any atom is 0.226 e. The molecule has 5 heteroatoms. The second-order valence-electron chi connectivity index (χ2n) is 4.83. The molecular formula is C16H20FN3O. The minimum absolute atomic E-state index is 0.213. The molecule has 4 nitrogen and oxygen atoms in total. The zero-order valence-corrected chi connectivity index (χ0v) is 12.4. The van der Waals surface area contributed by atoms with Crippen LogP contribution < -0.4 is 10.1 Å². The summed E-state index contributed by atoms with van der Waals surface area (Å²) in [5, 5.41) is 3.15. The molecule has 0 atom stereocenters. The van der Waals surface area contributed by atoms with Crippen LogP contribution in [0.2, 0.25) is 0 Å². The van der Waals surface area contributed by atoms with Gasteiger partial charge < -0.3 is 10.1 Å². The second-order valence-corrected chi connectivity index (χ2v) is 4.83. The Hall–Kier alpha value is -2.17. The zero-order valence-electron chi connectivity index (χ0n) is 12.4. The van der Waals surface area contributed by atoms with Crippen molar-refractivity contribution in [3.63, 3.8) is 0 Å². The summed E-state index contributed by atoms with van der Waals surface area (Å²) in [7, 11) is 0. The van der Waals surface area contributed by atoms with E-state index in [0.717, 1.165) is 17.7 Å². The van der Waals surface area contributed by atoms with Gasteiger partial charge in [0.25, 0.3) is 0 Å². The van der Waals surface area contributed by atoms with Crippen LogP contribution in [0.3, 0.4) is 0 Å². The van der Waals surface area contributed by atoms with E-state index >= 15 is 0 Å². The Bertz CT molecular complexity index is 589. The van der Waals surface area contributed by atoms with Gasteiger partial charge in [0.1, 0.15) is 5.82 Å². The summed E-state index contributed by atoms with van der Waals surface area (Å²) in [5.41, 5.74) is 1.79. The predicted octanol–water partition coefficient (Wildman–Crippen LogP) is 3.37. The molecule has 0 spiro atoms. The number of aryl methyl sites for hydroxylation is 1. The number of ether oxygens (including phenoxy) is 1. The van der Waals surface area contributed by atoms with Crippen LogP contribution in [-0.4, -0.2) is 23.1 Å². The third-order valence-corrected chi connectivity index (χ3v) is 2.87. The summed E-state index contributed by atoms with van der Waals surface area (Å²) in [6, 6.07) is 8.40. The molecule has 0 amide bonds. The van der Waals surface area contributed by atoms with Crippen molar-refractivity contribution in [3.05, 3.63) is 47.4 Å². The van der Waals surface area contributed by atoms with Gasteiger partial charge in [0.15, 0.2) is 0 Å². The van der Waals surface area contributed by atoms with Crippen molar-refractivity contribution in [1.29, 1.82) is 0 Å². The van der Waals surface area contributed by atoms with E-state index in [1.54, 1.807) is 6.07 Å². The Morgan fingerprint density at radius 2 is 2.10 bits per heavy atom. The monoisotopic (exact) mass is 289 g/mol. The minimum Gasteiger partial charge on any atom is -0.478 e. The van der Waals surface area contributed by atoms with Gasteiger partial charge in [-0.3, -0.25) is 0 Å². The van der Waals surface area contributed by atoms with Crippen molar-refractivity contribution >= 4 is 5.95 Å². The third-order valence-electron chi connectivity index (χ3n) is 2.87. The van der Waals surface area contributed by atoms with Gasteiger partial charge in [-0.05, 0) is 37.5 Å². The Morgan fingerprint density at radius 3 is 2.86 bits per heavy atom. The van der Waals surface area contributed by atoms with Crippen molar-refractivity contribution in [1.82, 2.24) is 9.97 Å². The Balaban J connectivity index is 1.91. The van der Waals surface area contributed by atoms with E-state index in [1.807, 2.05) is 26.0 Å². The molecule has 0 saturated heterocycles. The normalized spacial score (nSPS) is 10.4. The van der Waals surface area contributed by atoms with Gasteiger partial charge in [-0.1, -0.05) is 19.1 Å². The summed E-state index contributed by atoms with van der Waals surface area (Å²) in [5.74, 6) is 0.907. The Labute approximate surface area is 124 Å². The number of aromatic nitrogens is 2. The van der Waals surface area contributed by atoms with Crippen molar-refractivity contribution in [2.24, 2.45) is 0 Å². The fourth-order valence-electron chi connectivity index (χ4n) is 1.91. The van der Waals surface area contributed by atoms with Gasteiger partial charge >= 0.3 is 0 Å². The quantitative estimate of drug-likeness (QED) is 0.849. The molecule has 0 aliphatic carbocycles. The van der Waals surface area contributed by atoms with Crippen LogP contribution in [0.1, 0.15) is 24.6 Å². The van der Waals surface area contributed by atoms with E-state index in [-0.39, 0.29) is 5.82 Å². The number of rotatable bonds is 7. The molecule has 0 bridgehead atoms. The van der Waals surface area contributed by atoms with E-state index in [0.29, 0.717) is 31.4 Å². The van der Waals surface area contributed by atoms with Crippen molar-refractivity contribution in [2.45, 2.75) is 26.7 Å². The van der Waals surface area contributed by atoms with Crippen molar-refractivity contribution in [2.75, 3.05) is 18.5 Å². The molecule has 0 aliphatic heterocycles. The van der Waals surface area contributed by atoms with E-state index in [9.17, 15) is 4.39 Å². The van der Waals surface area contributed by atoms with Crippen LogP contribution in [0.5, 0.6) is 5.88 Å². The summed E-state index contributed by atoms with van der Waals surface area (Å²) in [4.78, 5) is 8.62. The molecule has 0 aliphatic rings. The summed E-state index contributed by atoms with van der Waals surface area (Å²) < 4.78 is 18.6. The molecule has 0 saturated carbocycles. The highest BCUT2D eigenvalue weighted by molar-refractivity contribution is 5.31. The lowest BCUT2D eigenvalue weighted by atomic mass is 10.1. The van der Waals surface area contributed by atoms with E-state index in [2.05, 4.69) is 15.3 Å². The molecule has 112 valence electrons. The molecule has 2 rings (SSSR count). The van der Waals surface area contributed by atoms with Gasteiger partial charge in [-0.15, -0.1) is 0 Å². The second kappa shape index (κ2) is 7.57. The van der Waals surface area contributed by atoms with Crippen LogP contribution in [-0.2, 0) is 6.42 Å². The number of nitrogens with one attached hydrogen (secondary N) is 1. The fourth-order valence-corrected chi connectivity index (χ4v) is 1.91. The summed E-state index contributed by atoms with van der Waals surface area (Å²) >= 11 is 0. The number of nitrogens with zero attached hydrogens (tertiary/aromatic N) is 2. The zero-order chi connectivity index (χ0) is 15.1. The van der Waals surface area contributed by atoms with Crippen LogP contribution in [0.25, 0.3) is 0 Å². The molecule has 0 unspecified atom stereocenters. The lowest BCUT2D eigenvalue weighted by Gasteiger charge is -2.09. The number of anilines is 1. The van der Waals surface area contributed by atoms with E-state index in [4.69, 9.17) is 4.74 Å². The maximum atomic E-state index is 13.1. The smallest absolute Gasteiger partial charge is 0.226 e. The molecule has 0 fully saturated rings. The molecule has 2 aromatic rings. The molecular weight excluding hydrogens is 269 g/mol. The topological polar surface area (TPSA) is 47.0 Å². The van der Waals surface area contributed by atoms with Crippen LogP contribution >= 0.6 is 0 Å². The van der Waals surface area contributed by atoms with Gasteiger partial charge in [0.2, 0.25) is 11.8 Å². The largest absolute Gasteiger partial charge is 0.478 e. The average Bonchev–Trinajstić information content (AvgIpc) is 2.45. The SMILES string of the molecule is CCCOc1cc(C)nc(NCCc2cccc(F)c2)n1. The van der Waals surface area contributed by atoms with Crippen LogP contribution in [0.15, 0.2) is 30.3 Å². The lowest BCUT2D eigenvalue weighted by molar-refractivity contribution is 0.305. The molecule has 0 radical (unpaired) electrons. The van der Waals surface area contributed by atoms with Gasteiger partial charge in [-0.25, -0.2) is 9.37 Å². The molecule has 1 heterocycles. The maximum absolute atomic E-state index is 13.1. The predicted molar refractivity (Wildman–Crippen MR) is 81.1 cm³/mol. The molecule has 1 aromatic heterocycles. The number of hydrogen-bond donors (Lipinski definition) is 1. The molecule has 21 heavy (non-hydrogen) atoms. The highest BCUT2D eigenvalue weighted by Gasteiger charge is 2.03. The number of benzene rings is 1. The van der Waals surface area contributed by atoms with Crippen molar-refractivity contribution < 1.29 is 9.13 Å². The Morgan fingerprint density at radius 1 is 1.24 bits per heavy atom. The van der Waals surface area contributed by atoms with Gasteiger partial charge in [0.05, 0.1) is 6.61 Å². The first kappa shape index (κ1) is 15.2. The minimum atomic E-state index is -0.213. The number of halogens is 1. The highest BCUT2D eigenvalue weighted by Crippen LogP contribution is 2.12. The van der Waals surface area contributed by atoms with E-state index in [1.165, 1.54) is 12.1 Å². The first-order valence-electron chi connectivity index (χ1n) is 7.14. The van der Waals surface area contributed by atoms with E-state index < -0.39 is 0 Å². The van der Waals surface area contributed by atoms with Crippen LogP contribution in [0.4, 0.5) is 10.3 Å². The fraction of sp³-hybridized carbons (Fsp3) is 0.375. The number of hydrogen-bond acceptors (Lipinski definition) is 4. The van der Waals surface area contributed by atoms with Crippen LogP contribution in [0, 0.1) is 12.7 Å². The summed E-state index contributed by atoms with van der Waals surface area (Å²) in [6.45, 7) is 5.23. The Kier molecular flexibility index (Phi) is 5.49. The van der Waals surface area contributed by atoms with Gasteiger partial charge in [-0.2, -0.15) is 4.98 Å². The first-order valence-corrected chi connectivity index (χ1v) is 7.14. The first-order chi connectivity index (χ1) is 10.2. The van der Waals surface area contributed by atoms with Crippen molar-refractivity contribution in [3.8, 4) is 5.88 Å². The standard InChI is InChI=1S/C16H20FN3O/c1-3-9-21-15-10-12(2)19-16(20-15)18-8-7-13-5-4-6-14(17)11-13/h4-6,10-11H,3,7-9H2,1-2H3,(H,18,19,20). The highest BCUT2D eigenvalue weighted by atomic mass is 19.1. The van der Waals surface area contributed by atoms with Gasteiger partial charge in [0, 0.05) is 18.3 Å². The lowest BCUT2D eigenvalue weighted by Crippen LogP contribution is -2.10. The average molecular weight is 289 g/mol. The molecule has 1 N–H and O–H groups in total. The summed E-state index contributed by atoms with van der Waals surface area (Å²) in [6.07, 6.45) is 1.64. The molecule has 1 aromatic carbocycles. The third kappa shape index (κ3) is 5.02.